The van der Waals surface area contributed by atoms with Crippen LogP contribution in [0.15, 0.2) is 11.6 Å². The molecule has 1 saturated heterocycles. The largest absolute Gasteiger partial charge is 0.372 e. The zero-order chi connectivity index (χ0) is 14.5. The fourth-order valence-electron chi connectivity index (χ4n) is 2.45. The van der Waals surface area contributed by atoms with Crippen molar-refractivity contribution in [3.8, 4) is 6.07 Å². The van der Waals surface area contributed by atoms with Gasteiger partial charge in [-0.05, 0) is 45.6 Å². The third-order valence-electron chi connectivity index (χ3n) is 3.30. The summed E-state index contributed by atoms with van der Waals surface area (Å²) in [6.07, 6.45) is 3.80. The average Bonchev–Trinajstić information content (AvgIpc) is 2.35. The van der Waals surface area contributed by atoms with Crippen LogP contribution in [-0.2, 0) is 9.53 Å². The molecule has 0 N–H and O–H groups in total. The summed E-state index contributed by atoms with van der Waals surface area (Å²) in [7, 11) is 0. The molecule has 1 aliphatic rings. The van der Waals surface area contributed by atoms with Crippen LogP contribution in [0, 0.1) is 17.2 Å². The number of rotatable bonds is 4. The van der Waals surface area contributed by atoms with Crippen LogP contribution in [0.25, 0.3) is 0 Å². The van der Waals surface area contributed by atoms with Gasteiger partial charge in [-0.1, -0.05) is 6.92 Å². The molecule has 1 fully saturated rings. The molecular weight excluding hydrogens is 240 g/mol. The maximum absolute atomic E-state index is 12.3. The Hall–Kier alpha value is -1.34. The molecule has 0 aromatic carbocycles. The maximum Gasteiger partial charge on any atom is 0.264 e. The van der Waals surface area contributed by atoms with E-state index in [2.05, 4.69) is 6.92 Å². The predicted octanol–water partition coefficient (Wildman–Crippen LogP) is 2.51. The number of carbonyl (C=O) groups excluding carboxylic acids is 1. The molecule has 0 spiro atoms. The Bertz CT molecular complexity index is 393. The van der Waals surface area contributed by atoms with Crippen LogP contribution in [-0.4, -0.2) is 36.1 Å². The van der Waals surface area contributed by atoms with Gasteiger partial charge in [-0.3, -0.25) is 4.79 Å². The normalized spacial score (nSPS) is 21.1. The number of hydrogen-bond acceptors (Lipinski definition) is 3. The summed E-state index contributed by atoms with van der Waals surface area (Å²) >= 11 is 0. The second kappa shape index (κ2) is 6.72. The van der Waals surface area contributed by atoms with Gasteiger partial charge in [0.2, 0.25) is 0 Å². The summed E-state index contributed by atoms with van der Waals surface area (Å²) in [5.74, 6) is 0.347. The average molecular weight is 264 g/mol. The van der Waals surface area contributed by atoms with E-state index in [0.717, 1.165) is 25.9 Å². The van der Waals surface area contributed by atoms with Gasteiger partial charge < -0.3 is 9.64 Å². The molecule has 0 aliphatic carbocycles. The molecule has 19 heavy (non-hydrogen) atoms. The van der Waals surface area contributed by atoms with Crippen molar-refractivity contribution in [3.05, 3.63) is 11.6 Å². The minimum absolute atomic E-state index is 0.165. The molecule has 0 aromatic heterocycles. The Balaban J connectivity index is 2.82. The molecule has 4 nitrogen and oxygen atoms in total. The van der Waals surface area contributed by atoms with Gasteiger partial charge in [-0.15, -0.1) is 0 Å². The summed E-state index contributed by atoms with van der Waals surface area (Å²) in [5, 5.41) is 9.20. The fraction of sp³-hybridized carbons (Fsp3) is 0.733. The molecule has 0 radical (unpaired) electrons. The van der Waals surface area contributed by atoms with E-state index in [1.165, 1.54) is 0 Å². The van der Waals surface area contributed by atoms with Crippen LogP contribution in [0.1, 0.15) is 40.5 Å². The van der Waals surface area contributed by atoms with E-state index in [1.807, 2.05) is 26.8 Å². The van der Waals surface area contributed by atoms with Crippen LogP contribution in [0.4, 0.5) is 0 Å². The zero-order valence-corrected chi connectivity index (χ0v) is 12.4. The van der Waals surface area contributed by atoms with Gasteiger partial charge in [0.1, 0.15) is 11.6 Å². The first-order valence-electron chi connectivity index (χ1n) is 6.95. The monoisotopic (exact) mass is 264 g/mol. The van der Waals surface area contributed by atoms with E-state index in [4.69, 9.17) is 4.74 Å². The highest BCUT2D eigenvalue weighted by atomic mass is 16.5. The highest BCUT2D eigenvalue weighted by molar-refractivity contribution is 5.97. The van der Waals surface area contributed by atoms with Crippen molar-refractivity contribution < 1.29 is 9.53 Å². The molecule has 1 heterocycles. The summed E-state index contributed by atoms with van der Waals surface area (Å²) in [6.45, 7) is 9.80. The quantitative estimate of drug-likeness (QED) is 0.579. The number of hydrogen-bond donors (Lipinski definition) is 0. The second-order valence-corrected chi connectivity index (χ2v) is 5.70. The van der Waals surface area contributed by atoms with Gasteiger partial charge in [0, 0.05) is 19.7 Å². The number of carbonyl (C=O) groups is 1. The summed E-state index contributed by atoms with van der Waals surface area (Å²) < 4.78 is 5.52. The van der Waals surface area contributed by atoms with E-state index >= 15 is 0 Å². The first-order chi connectivity index (χ1) is 8.89. The molecule has 0 saturated carbocycles. The molecule has 1 amide bonds. The van der Waals surface area contributed by atoms with Crippen LogP contribution < -0.4 is 0 Å². The van der Waals surface area contributed by atoms with Crippen LogP contribution in [0.5, 0.6) is 0 Å². The van der Waals surface area contributed by atoms with Crippen molar-refractivity contribution in [2.24, 2.45) is 5.92 Å². The summed E-state index contributed by atoms with van der Waals surface area (Å²) in [4.78, 5) is 14.1. The highest BCUT2D eigenvalue weighted by Gasteiger charge is 2.26. The van der Waals surface area contributed by atoms with Crippen molar-refractivity contribution in [2.45, 2.75) is 46.1 Å². The summed E-state index contributed by atoms with van der Waals surface area (Å²) in [6, 6.07) is 2.02. The third kappa shape index (κ3) is 4.68. The minimum atomic E-state index is -0.586. The van der Waals surface area contributed by atoms with Crippen molar-refractivity contribution in [1.29, 1.82) is 5.26 Å². The topological polar surface area (TPSA) is 53.3 Å². The number of piperidine rings is 1. The lowest BCUT2D eigenvalue weighted by atomic mass is 9.98. The molecule has 4 heteroatoms. The Morgan fingerprint density at radius 2 is 2.26 bits per heavy atom. The standard InChI is InChI=1S/C15H24N2O2/c1-5-19-15(3,4)9-13(10-16)14(18)17-8-6-7-12(2)11-17/h9,12H,5-8,11H2,1-4H3/b13-9+/t12-/m1/s1. The molecule has 0 unspecified atom stereocenters. The van der Waals surface area contributed by atoms with Gasteiger partial charge >= 0.3 is 0 Å². The molecule has 106 valence electrons. The number of nitriles is 1. The molecule has 1 aliphatic heterocycles. The molecular formula is C15H24N2O2. The van der Waals surface area contributed by atoms with Gasteiger partial charge in [0.15, 0.2) is 0 Å². The molecule has 1 rings (SSSR count). The Morgan fingerprint density at radius 3 is 2.79 bits per heavy atom. The van der Waals surface area contributed by atoms with Gasteiger partial charge in [0.05, 0.1) is 5.60 Å². The Labute approximate surface area is 116 Å². The molecule has 1 atom stereocenters. The number of ether oxygens (including phenoxy) is 1. The number of nitrogens with zero attached hydrogens (tertiary/aromatic N) is 2. The van der Waals surface area contributed by atoms with E-state index in [-0.39, 0.29) is 11.5 Å². The lowest BCUT2D eigenvalue weighted by Gasteiger charge is -2.31. The van der Waals surface area contributed by atoms with Crippen molar-refractivity contribution in [2.75, 3.05) is 19.7 Å². The van der Waals surface area contributed by atoms with Gasteiger partial charge in [-0.25, -0.2) is 0 Å². The van der Waals surface area contributed by atoms with Gasteiger partial charge in [-0.2, -0.15) is 5.26 Å². The zero-order valence-electron chi connectivity index (χ0n) is 12.4. The second-order valence-electron chi connectivity index (χ2n) is 5.70. The van der Waals surface area contributed by atoms with Gasteiger partial charge in [0.25, 0.3) is 5.91 Å². The maximum atomic E-state index is 12.3. The molecule has 0 bridgehead atoms. The Kier molecular flexibility index (Phi) is 5.56. The third-order valence-corrected chi connectivity index (χ3v) is 3.30. The number of likely N-dealkylation sites (tertiary alicyclic amines) is 1. The minimum Gasteiger partial charge on any atom is -0.372 e. The SMILES string of the molecule is CCOC(C)(C)/C=C(\C#N)C(=O)N1CCC[C@@H](C)C1. The van der Waals surface area contributed by atoms with Crippen LogP contribution in [0.3, 0.4) is 0 Å². The van der Waals surface area contributed by atoms with E-state index in [0.29, 0.717) is 12.5 Å². The first kappa shape index (κ1) is 15.7. The lowest BCUT2D eigenvalue weighted by Crippen LogP contribution is -2.40. The van der Waals surface area contributed by atoms with Crippen molar-refractivity contribution in [1.82, 2.24) is 4.90 Å². The van der Waals surface area contributed by atoms with Crippen LogP contribution >= 0.6 is 0 Å². The smallest absolute Gasteiger partial charge is 0.264 e. The number of amides is 1. The van der Waals surface area contributed by atoms with Crippen molar-refractivity contribution >= 4 is 5.91 Å². The van der Waals surface area contributed by atoms with Crippen LogP contribution in [0.2, 0.25) is 0 Å². The molecule has 0 aromatic rings. The van der Waals surface area contributed by atoms with E-state index < -0.39 is 5.60 Å². The van der Waals surface area contributed by atoms with Crippen molar-refractivity contribution in [3.63, 3.8) is 0 Å². The Morgan fingerprint density at radius 1 is 1.58 bits per heavy atom. The lowest BCUT2D eigenvalue weighted by molar-refractivity contribution is -0.128. The first-order valence-corrected chi connectivity index (χ1v) is 6.95. The van der Waals surface area contributed by atoms with E-state index in [9.17, 15) is 10.1 Å². The fourth-order valence-corrected chi connectivity index (χ4v) is 2.45. The predicted molar refractivity (Wildman–Crippen MR) is 74.4 cm³/mol. The van der Waals surface area contributed by atoms with E-state index in [1.54, 1.807) is 11.0 Å². The highest BCUT2D eigenvalue weighted by Crippen LogP contribution is 2.19. The summed E-state index contributed by atoms with van der Waals surface area (Å²) in [5.41, 5.74) is -0.399.